The van der Waals surface area contributed by atoms with Gasteiger partial charge in [-0.15, -0.1) is 11.8 Å². The van der Waals surface area contributed by atoms with E-state index in [1.165, 1.54) is 12.4 Å². The number of rotatable bonds is 7. The van der Waals surface area contributed by atoms with Gasteiger partial charge in [-0.2, -0.15) is 0 Å². The fourth-order valence-electron chi connectivity index (χ4n) is 2.55. The van der Waals surface area contributed by atoms with Gasteiger partial charge in [-0.25, -0.2) is 4.99 Å². The molecule has 0 saturated carbocycles. The number of carbonyl (C=O) groups is 1. The Morgan fingerprint density at radius 1 is 1.18 bits per heavy atom. The van der Waals surface area contributed by atoms with Crippen LogP contribution >= 0.6 is 11.8 Å². The average Bonchev–Trinajstić information content (AvgIpc) is 2.72. The van der Waals surface area contributed by atoms with Crippen molar-refractivity contribution in [1.82, 2.24) is 10.6 Å². The van der Waals surface area contributed by atoms with Crippen LogP contribution in [0.25, 0.3) is 11.1 Å². The lowest BCUT2D eigenvalue weighted by Gasteiger charge is -2.14. The van der Waals surface area contributed by atoms with E-state index in [4.69, 9.17) is 0 Å². The number of amidine groups is 1. The molecule has 0 heterocycles. The molecule has 2 rings (SSSR count). The van der Waals surface area contributed by atoms with Gasteiger partial charge in [0.25, 0.3) is 5.91 Å². The number of nitrogens with zero attached hydrogens (tertiary/aromatic N) is 2. The van der Waals surface area contributed by atoms with Crippen LogP contribution in [0.15, 0.2) is 82.3 Å². The first-order chi connectivity index (χ1) is 13.5. The van der Waals surface area contributed by atoms with Gasteiger partial charge in [-0.05, 0) is 42.0 Å². The molecule has 2 aromatic rings. The molecule has 0 fully saturated rings. The Kier molecular flexibility index (Phi) is 7.77. The molecule has 0 bridgehead atoms. The molecule has 2 N–H and O–H groups in total. The normalized spacial score (nSPS) is 11.3. The quantitative estimate of drug-likeness (QED) is 0.316. The van der Waals surface area contributed by atoms with Gasteiger partial charge in [0.2, 0.25) is 0 Å². The number of benzene rings is 2. The van der Waals surface area contributed by atoms with Crippen LogP contribution in [0.1, 0.15) is 5.56 Å². The number of carbonyl (C=O) groups excluding carboxylic acids is 1. The molecular formula is C22H24N4OS. The SMILES string of the molecule is C=C/C(=N\c1c(SC)ccc(-c2ccccc2)c1C)NC(=O)C(=C)N/C=N\C. The van der Waals surface area contributed by atoms with E-state index in [-0.39, 0.29) is 5.70 Å². The standard InChI is InChI=1S/C22H24N4OS/c1-6-20(26-22(27)16(3)24-14-23-4)25-21-15(2)18(12-13-19(21)28-5)17-10-8-7-9-11-17/h6-14H,1,3H2,2,4-5H3,(H,23,24)(H,25,26,27). The Morgan fingerprint density at radius 2 is 1.89 bits per heavy atom. The highest BCUT2D eigenvalue weighted by molar-refractivity contribution is 7.98. The maximum atomic E-state index is 12.3. The summed E-state index contributed by atoms with van der Waals surface area (Å²) in [6.45, 7) is 9.48. The summed E-state index contributed by atoms with van der Waals surface area (Å²) in [5.41, 5.74) is 4.21. The number of aliphatic imine (C=N–C) groups is 2. The van der Waals surface area contributed by atoms with E-state index in [1.807, 2.05) is 37.4 Å². The lowest BCUT2D eigenvalue weighted by atomic mass is 9.99. The molecule has 0 unspecified atom stereocenters. The smallest absolute Gasteiger partial charge is 0.272 e. The molecule has 0 aliphatic rings. The second-order valence-corrected chi connectivity index (χ2v) is 6.67. The van der Waals surface area contributed by atoms with Crippen LogP contribution in [0, 0.1) is 6.92 Å². The molecule has 5 nitrogen and oxygen atoms in total. The third-order valence-corrected chi connectivity index (χ3v) is 4.78. The van der Waals surface area contributed by atoms with Gasteiger partial charge in [0, 0.05) is 11.9 Å². The number of nitrogens with one attached hydrogen (secondary N) is 2. The molecule has 0 aliphatic carbocycles. The molecule has 0 atom stereocenters. The summed E-state index contributed by atoms with van der Waals surface area (Å²) < 4.78 is 0. The molecule has 28 heavy (non-hydrogen) atoms. The van der Waals surface area contributed by atoms with Crippen molar-refractivity contribution in [2.75, 3.05) is 13.3 Å². The summed E-state index contributed by atoms with van der Waals surface area (Å²) in [4.78, 5) is 21.7. The lowest BCUT2D eigenvalue weighted by Crippen LogP contribution is -2.34. The Bertz CT molecular complexity index is 933. The van der Waals surface area contributed by atoms with Crippen LogP contribution in [-0.4, -0.2) is 31.4 Å². The highest BCUT2D eigenvalue weighted by Gasteiger charge is 2.13. The molecule has 6 heteroatoms. The first kappa shape index (κ1) is 21.2. The van der Waals surface area contributed by atoms with E-state index >= 15 is 0 Å². The Labute approximate surface area is 170 Å². The van der Waals surface area contributed by atoms with E-state index in [0.717, 1.165) is 27.3 Å². The van der Waals surface area contributed by atoms with Crippen molar-refractivity contribution < 1.29 is 4.79 Å². The van der Waals surface area contributed by atoms with Gasteiger partial charge in [0.05, 0.1) is 17.7 Å². The molecule has 0 saturated heterocycles. The Hall–Kier alpha value is -3.12. The first-order valence-corrected chi connectivity index (χ1v) is 9.85. The minimum absolute atomic E-state index is 0.167. The zero-order valence-electron chi connectivity index (χ0n) is 16.3. The van der Waals surface area contributed by atoms with Crippen molar-refractivity contribution in [3.63, 3.8) is 0 Å². The minimum Gasteiger partial charge on any atom is -0.343 e. The zero-order chi connectivity index (χ0) is 20.5. The predicted molar refractivity (Wildman–Crippen MR) is 121 cm³/mol. The van der Waals surface area contributed by atoms with Crippen molar-refractivity contribution >= 4 is 35.5 Å². The molecule has 0 spiro atoms. The third-order valence-electron chi connectivity index (χ3n) is 4.01. The van der Waals surface area contributed by atoms with Crippen LogP contribution < -0.4 is 10.6 Å². The van der Waals surface area contributed by atoms with Crippen molar-refractivity contribution in [2.45, 2.75) is 11.8 Å². The number of hydrogen-bond donors (Lipinski definition) is 2. The first-order valence-electron chi connectivity index (χ1n) is 8.63. The lowest BCUT2D eigenvalue weighted by molar-refractivity contribution is -0.116. The second kappa shape index (κ2) is 10.3. The monoisotopic (exact) mass is 392 g/mol. The van der Waals surface area contributed by atoms with Crippen LogP contribution in [0.5, 0.6) is 0 Å². The van der Waals surface area contributed by atoms with Crippen molar-refractivity contribution in [1.29, 1.82) is 0 Å². The molecule has 0 radical (unpaired) electrons. The van der Waals surface area contributed by atoms with E-state index in [1.54, 1.807) is 18.8 Å². The summed E-state index contributed by atoms with van der Waals surface area (Å²) >= 11 is 1.60. The van der Waals surface area contributed by atoms with E-state index in [2.05, 4.69) is 52.0 Å². The largest absolute Gasteiger partial charge is 0.343 e. The van der Waals surface area contributed by atoms with Crippen molar-refractivity contribution in [3.8, 4) is 11.1 Å². The van der Waals surface area contributed by atoms with E-state index in [0.29, 0.717) is 5.84 Å². The summed E-state index contributed by atoms with van der Waals surface area (Å²) in [5.74, 6) is -0.0499. The number of hydrogen-bond acceptors (Lipinski definition) is 4. The maximum Gasteiger partial charge on any atom is 0.272 e. The van der Waals surface area contributed by atoms with Gasteiger partial charge >= 0.3 is 0 Å². The zero-order valence-corrected chi connectivity index (χ0v) is 17.1. The van der Waals surface area contributed by atoms with Crippen LogP contribution in [0.2, 0.25) is 0 Å². The maximum absolute atomic E-state index is 12.3. The third kappa shape index (κ3) is 5.20. The predicted octanol–water partition coefficient (Wildman–Crippen LogP) is 4.48. The summed E-state index contributed by atoms with van der Waals surface area (Å²) in [5, 5.41) is 5.42. The highest BCUT2D eigenvalue weighted by Crippen LogP contribution is 2.37. The van der Waals surface area contributed by atoms with Gasteiger partial charge in [-0.3, -0.25) is 9.79 Å². The Balaban J connectivity index is 2.42. The van der Waals surface area contributed by atoms with Crippen LogP contribution in [0.3, 0.4) is 0 Å². The summed E-state index contributed by atoms with van der Waals surface area (Å²) in [7, 11) is 1.60. The molecule has 1 amide bonds. The summed E-state index contributed by atoms with van der Waals surface area (Å²) in [6.07, 6.45) is 4.90. The summed E-state index contributed by atoms with van der Waals surface area (Å²) in [6, 6.07) is 14.3. The average molecular weight is 393 g/mol. The molecule has 2 aromatic carbocycles. The fraction of sp³-hybridized carbons (Fsp3) is 0.136. The number of amides is 1. The van der Waals surface area contributed by atoms with E-state index < -0.39 is 5.91 Å². The second-order valence-electron chi connectivity index (χ2n) is 5.82. The van der Waals surface area contributed by atoms with Crippen molar-refractivity contribution in [3.05, 3.63) is 73.0 Å². The molecular weight excluding hydrogens is 368 g/mol. The topological polar surface area (TPSA) is 65.8 Å². The fourth-order valence-corrected chi connectivity index (χ4v) is 3.15. The van der Waals surface area contributed by atoms with Gasteiger partial charge < -0.3 is 10.6 Å². The van der Waals surface area contributed by atoms with Crippen molar-refractivity contribution in [2.24, 2.45) is 9.98 Å². The van der Waals surface area contributed by atoms with E-state index in [9.17, 15) is 4.79 Å². The molecule has 0 aliphatic heterocycles. The highest BCUT2D eigenvalue weighted by atomic mass is 32.2. The Morgan fingerprint density at radius 3 is 2.50 bits per heavy atom. The van der Waals surface area contributed by atoms with Gasteiger partial charge in [0.15, 0.2) is 0 Å². The van der Waals surface area contributed by atoms with Gasteiger partial charge in [0.1, 0.15) is 5.84 Å². The van der Waals surface area contributed by atoms with Crippen LogP contribution in [0.4, 0.5) is 5.69 Å². The van der Waals surface area contributed by atoms with Crippen LogP contribution in [-0.2, 0) is 4.79 Å². The minimum atomic E-state index is -0.402. The number of thioether (sulfide) groups is 1. The van der Waals surface area contributed by atoms with Gasteiger partial charge in [-0.1, -0.05) is 49.6 Å². The molecule has 144 valence electrons. The molecule has 0 aromatic heterocycles.